The Morgan fingerprint density at radius 3 is 2.05 bits per heavy atom. The first-order valence-corrected chi connectivity index (χ1v) is 21.7. The molecular formula is C14H36P5+3. The maximum absolute atomic E-state index is 2.73. The zero-order chi connectivity index (χ0) is 15.2. The highest BCUT2D eigenvalue weighted by Gasteiger charge is 2.57. The zero-order valence-electron chi connectivity index (χ0n) is 14.8. The van der Waals surface area contributed by atoms with Crippen molar-refractivity contribution in [3.05, 3.63) is 0 Å². The van der Waals surface area contributed by atoms with Crippen LogP contribution in [-0.4, -0.2) is 71.0 Å². The third-order valence-corrected chi connectivity index (χ3v) is 47.6. The van der Waals surface area contributed by atoms with Crippen LogP contribution in [0.1, 0.15) is 13.8 Å². The molecule has 0 nitrogen and oxygen atoms in total. The minimum absolute atomic E-state index is 0.301. The van der Waals surface area contributed by atoms with Crippen molar-refractivity contribution >= 4 is 35.0 Å². The summed E-state index contributed by atoms with van der Waals surface area (Å²) < 4.78 is 0. The SMILES string of the molecule is CC(C)C1C[P+](C)(C)P(C)C[P+](C)=P(C)(C)[P+]1(C)C. The summed E-state index contributed by atoms with van der Waals surface area (Å²) in [6.07, 6.45) is 0.902. The van der Waals surface area contributed by atoms with Crippen LogP contribution in [0.3, 0.4) is 0 Å². The molecule has 0 fully saturated rings. The van der Waals surface area contributed by atoms with Crippen LogP contribution in [0.4, 0.5) is 0 Å². The maximum atomic E-state index is 2.73. The van der Waals surface area contributed by atoms with E-state index in [-0.39, 0.29) is 0 Å². The molecule has 114 valence electrons. The fourth-order valence-corrected chi connectivity index (χ4v) is 43.2. The Hall–Kier alpha value is 2.02. The van der Waals surface area contributed by atoms with Gasteiger partial charge in [-0.3, -0.25) is 0 Å². The van der Waals surface area contributed by atoms with E-state index in [2.05, 4.69) is 67.2 Å². The third kappa shape index (κ3) is 3.68. The molecule has 5 heteroatoms. The molecule has 0 aromatic carbocycles. The molecule has 1 aliphatic rings. The molecule has 1 rings (SSSR count). The van der Waals surface area contributed by atoms with E-state index in [0.29, 0.717) is 14.8 Å². The minimum atomic E-state index is -0.762. The van der Waals surface area contributed by atoms with E-state index in [9.17, 15) is 0 Å². The highest BCUT2D eigenvalue weighted by atomic mass is 32.3. The summed E-state index contributed by atoms with van der Waals surface area (Å²) in [6.45, 7) is 25.1. The quantitative estimate of drug-likeness (QED) is 0.453. The predicted molar refractivity (Wildman–Crippen MR) is 110 cm³/mol. The molecule has 0 saturated carbocycles. The Kier molecular flexibility index (Phi) is 6.28. The highest BCUT2D eigenvalue weighted by molar-refractivity contribution is 8.58. The molecule has 0 bridgehead atoms. The summed E-state index contributed by atoms with van der Waals surface area (Å²) in [5.74, 6) is 2.52. The molecule has 0 spiro atoms. The molecule has 3 unspecified atom stereocenters. The average molecular weight is 359 g/mol. The molecule has 19 heavy (non-hydrogen) atoms. The molecule has 1 heterocycles. The molecule has 0 N–H and O–H groups in total. The highest BCUT2D eigenvalue weighted by Crippen LogP contribution is 2.97. The number of hydrogen-bond acceptors (Lipinski definition) is 0. The Balaban J connectivity index is 3.46. The lowest BCUT2D eigenvalue weighted by atomic mass is 10.1. The smallest absolute Gasteiger partial charge is 0.0589 e. The largest absolute Gasteiger partial charge is 0.166 e. The lowest BCUT2D eigenvalue weighted by molar-refractivity contribution is 0.638. The molecule has 0 radical (unpaired) electrons. The van der Waals surface area contributed by atoms with Gasteiger partial charge in [-0.15, -0.1) is 0 Å². The lowest BCUT2D eigenvalue weighted by Gasteiger charge is -2.39. The van der Waals surface area contributed by atoms with Gasteiger partial charge < -0.3 is 0 Å². The van der Waals surface area contributed by atoms with Crippen LogP contribution in [0, 0.1) is 5.92 Å². The normalized spacial score (nSPS) is 35.8. The van der Waals surface area contributed by atoms with Gasteiger partial charge in [0.15, 0.2) is 12.1 Å². The topological polar surface area (TPSA) is 0 Å². The summed E-state index contributed by atoms with van der Waals surface area (Å²) in [7, 11) is 0.618. The summed E-state index contributed by atoms with van der Waals surface area (Å²) in [6, 6.07) is 0. The second-order valence-corrected chi connectivity index (χ2v) is 38.9. The summed E-state index contributed by atoms with van der Waals surface area (Å²) >= 11 is 0. The van der Waals surface area contributed by atoms with Crippen molar-refractivity contribution in [3.63, 3.8) is 0 Å². The minimum Gasteiger partial charge on any atom is -0.0589 e. The van der Waals surface area contributed by atoms with Gasteiger partial charge in [-0.05, 0) is 12.6 Å². The summed E-state index contributed by atoms with van der Waals surface area (Å²) in [5, 5.41) is 0. The van der Waals surface area contributed by atoms with E-state index in [1.165, 1.54) is 0 Å². The predicted octanol–water partition coefficient (Wildman–Crippen LogP) is 6.78. The fraction of sp³-hybridized carbons (Fsp3) is 1.00. The van der Waals surface area contributed by atoms with E-state index < -0.39 is 20.1 Å². The van der Waals surface area contributed by atoms with Crippen molar-refractivity contribution in [2.45, 2.75) is 19.5 Å². The molecule has 3 atom stereocenters. The first-order valence-electron chi connectivity index (χ1n) is 7.28. The monoisotopic (exact) mass is 359 g/mol. The Morgan fingerprint density at radius 1 is 1.16 bits per heavy atom. The van der Waals surface area contributed by atoms with Gasteiger partial charge in [0.25, 0.3) is 0 Å². The van der Waals surface area contributed by atoms with E-state index in [4.69, 9.17) is 0 Å². The number of hydrogen-bond donors (Lipinski definition) is 0. The summed E-state index contributed by atoms with van der Waals surface area (Å²) in [4.78, 5) is 0. The van der Waals surface area contributed by atoms with Gasteiger partial charge in [0.1, 0.15) is 12.9 Å². The van der Waals surface area contributed by atoms with Crippen molar-refractivity contribution in [2.75, 3.05) is 65.4 Å². The lowest BCUT2D eigenvalue weighted by Crippen LogP contribution is -2.25. The van der Waals surface area contributed by atoms with Gasteiger partial charge >= 0.3 is 0 Å². The Bertz CT molecular complexity index is 389. The van der Waals surface area contributed by atoms with Crippen molar-refractivity contribution < 1.29 is 0 Å². The molecule has 0 aromatic rings. The van der Waals surface area contributed by atoms with Crippen LogP contribution in [0.25, 0.3) is 0 Å². The van der Waals surface area contributed by atoms with Crippen LogP contribution >= 0.6 is 35.0 Å². The number of rotatable bonds is 1. The van der Waals surface area contributed by atoms with E-state index in [1.807, 2.05) is 0 Å². The van der Waals surface area contributed by atoms with E-state index in [1.54, 1.807) is 12.1 Å². The van der Waals surface area contributed by atoms with Gasteiger partial charge in [0.2, 0.25) is 0 Å². The molecule has 0 saturated heterocycles. The average Bonchev–Trinajstić information content (AvgIpc) is 2.23. The van der Waals surface area contributed by atoms with Gasteiger partial charge in [-0.25, -0.2) is 0 Å². The first-order chi connectivity index (χ1) is 8.34. The Morgan fingerprint density at radius 2 is 1.63 bits per heavy atom. The van der Waals surface area contributed by atoms with Gasteiger partial charge in [0.05, 0.1) is 54.0 Å². The van der Waals surface area contributed by atoms with Crippen LogP contribution < -0.4 is 0 Å². The molecule has 1 aliphatic heterocycles. The third-order valence-electron chi connectivity index (χ3n) is 5.65. The van der Waals surface area contributed by atoms with Gasteiger partial charge in [-0.2, -0.15) is 0 Å². The molecule has 0 amide bonds. The maximum Gasteiger partial charge on any atom is 0.166 e. The van der Waals surface area contributed by atoms with E-state index in [0.717, 1.165) is 11.6 Å². The van der Waals surface area contributed by atoms with Gasteiger partial charge in [0, 0.05) is 20.3 Å². The van der Waals surface area contributed by atoms with Crippen LogP contribution in [0.2, 0.25) is 0 Å². The van der Waals surface area contributed by atoms with Crippen molar-refractivity contribution in [1.29, 1.82) is 0 Å². The standard InChI is InChI=1S/C14H36P5/c1-13(2)14-11-17(5,6)15(3)12-16(4)19(9,10)18(14,7)8/h13-14H,11-12H2,1-10H3/q+3. The Labute approximate surface area is 126 Å². The first kappa shape index (κ1) is 19.1. The zero-order valence-corrected chi connectivity index (χ0v) is 19.3. The van der Waals surface area contributed by atoms with E-state index >= 15 is 0 Å². The van der Waals surface area contributed by atoms with Crippen molar-refractivity contribution in [1.82, 2.24) is 0 Å². The second-order valence-electron chi connectivity index (χ2n) is 7.89. The fourth-order valence-electron chi connectivity index (χ4n) is 3.12. The van der Waals surface area contributed by atoms with Gasteiger partial charge in [-0.1, -0.05) is 13.8 Å². The summed E-state index contributed by atoms with van der Waals surface area (Å²) in [5.41, 5.74) is 1.05. The molecule has 0 aliphatic carbocycles. The van der Waals surface area contributed by atoms with Crippen LogP contribution in [0.15, 0.2) is 0 Å². The molecular weight excluding hydrogens is 323 g/mol. The van der Waals surface area contributed by atoms with Crippen LogP contribution in [0.5, 0.6) is 0 Å². The van der Waals surface area contributed by atoms with Crippen LogP contribution in [-0.2, 0) is 0 Å². The van der Waals surface area contributed by atoms with Crippen molar-refractivity contribution in [3.8, 4) is 0 Å². The van der Waals surface area contributed by atoms with Crippen molar-refractivity contribution in [2.24, 2.45) is 5.92 Å². The molecule has 0 aromatic heterocycles. The second kappa shape index (κ2) is 6.26.